The molecule has 6 heteroatoms. The second-order valence-corrected chi connectivity index (χ2v) is 3.92. The maximum Gasteiger partial charge on any atom is 0.248 e. The number of amides is 1. The second kappa shape index (κ2) is 4.61. The summed E-state index contributed by atoms with van der Waals surface area (Å²) in [5, 5.41) is 7.77. The van der Waals surface area contributed by atoms with E-state index in [2.05, 4.69) is 10.2 Å². The lowest BCUT2D eigenvalue weighted by atomic mass is 10.1. The highest BCUT2D eigenvalue weighted by atomic mass is 16.5. The lowest BCUT2D eigenvalue weighted by molar-refractivity contribution is -0.134. The van der Waals surface area contributed by atoms with Gasteiger partial charge in [-0.3, -0.25) is 4.79 Å². The van der Waals surface area contributed by atoms with Crippen LogP contribution in [0.5, 0.6) is 0 Å². The predicted molar refractivity (Wildman–Crippen MR) is 54.8 cm³/mol. The van der Waals surface area contributed by atoms with Crippen LogP contribution in [0.2, 0.25) is 0 Å². The summed E-state index contributed by atoms with van der Waals surface area (Å²) in [6.45, 7) is 3.27. The molecule has 1 saturated heterocycles. The summed E-state index contributed by atoms with van der Waals surface area (Å²) in [5.41, 5.74) is 0. The van der Waals surface area contributed by atoms with Crippen LogP contribution in [0, 0.1) is 6.92 Å². The third-order valence-electron chi connectivity index (χ3n) is 2.70. The topological polar surface area (TPSA) is 68.5 Å². The fourth-order valence-electron chi connectivity index (χ4n) is 1.88. The number of hydrogen-bond acceptors (Lipinski definition) is 5. The predicted octanol–water partition coefficient (Wildman–Crippen LogP) is 0.340. The summed E-state index contributed by atoms with van der Waals surface area (Å²) in [7, 11) is 1.52. The average molecular weight is 225 g/mol. The molecule has 1 aromatic rings. The van der Waals surface area contributed by atoms with Gasteiger partial charge in [0, 0.05) is 27.1 Å². The average Bonchev–Trinajstić information content (AvgIpc) is 2.85. The third-order valence-corrected chi connectivity index (χ3v) is 2.70. The molecule has 88 valence electrons. The maximum absolute atomic E-state index is 11.6. The molecule has 0 spiro atoms. The van der Waals surface area contributed by atoms with Crippen molar-refractivity contribution in [3.8, 4) is 0 Å². The van der Waals surface area contributed by atoms with Gasteiger partial charge in [0.25, 0.3) is 0 Å². The van der Waals surface area contributed by atoms with Crippen LogP contribution in [0.15, 0.2) is 4.42 Å². The first-order valence-electron chi connectivity index (χ1n) is 5.27. The minimum Gasteiger partial charge on any atom is -0.425 e. The molecule has 1 aliphatic rings. The third kappa shape index (κ3) is 2.21. The molecule has 0 aliphatic carbocycles. The highest BCUT2D eigenvalue weighted by molar-refractivity contribution is 5.77. The normalized spacial score (nSPS) is 20.4. The van der Waals surface area contributed by atoms with E-state index >= 15 is 0 Å². The zero-order valence-corrected chi connectivity index (χ0v) is 9.47. The smallest absolute Gasteiger partial charge is 0.248 e. The van der Waals surface area contributed by atoms with Crippen molar-refractivity contribution in [1.29, 1.82) is 0 Å². The molecule has 1 amide bonds. The Morgan fingerprint density at radius 1 is 1.62 bits per heavy atom. The van der Waals surface area contributed by atoms with Crippen molar-refractivity contribution in [2.75, 3.05) is 26.8 Å². The van der Waals surface area contributed by atoms with Gasteiger partial charge >= 0.3 is 0 Å². The fraction of sp³-hybridized carbons (Fsp3) is 0.700. The maximum atomic E-state index is 11.6. The van der Waals surface area contributed by atoms with Crippen LogP contribution in [0.3, 0.4) is 0 Å². The number of carbonyl (C=O) groups excluding carboxylic acids is 1. The van der Waals surface area contributed by atoms with E-state index in [0.29, 0.717) is 18.3 Å². The fourth-order valence-corrected chi connectivity index (χ4v) is 1.88. The molecule has 2 rings (SSSR count). The van der Waals surface area contributed by atoms with Gasteiger partial charge in [0.2, 0.25) is 17.7 Å². The lowest BCUT2D eigenvalue weighted by Gasteiger charge is -2.14. The molecule has 0 aromatic carbocycles. The van der Waals surface area contributed by atoms with Gasteiger partial charge in [-0.1, -0.05) is 0 Å². The number of methoxy groups -OCH3 is 1. The van der Waals surface area contributed by atoms with Crippen LogP contribution in [-0.4, -0.2) is 47.8 Å². The van der Waals surface area contributed by atoms with Gasteiger partial charge in [-0.2, -0.15) is 0 Å². The zero-order valence-electron chi connectivity index (χ0n) is 9.47. The van der Waals surface area contributed by atoms with Gasteiger partial charge in [0.1, 0.15) is 6.61 Å². The molecule has 1 aliphatic heterocycles. The molecular weight excluding hydrogens is 210 g/mol. The zero-order chi connectivity index (χ0) is 11.5. The van der Waals surface area contributed by atoms with Crippen molar-refractivity contribution in [3.05, 3.63) is 11.8 Å². The van der Waals surface area contributed by atoms with Gasteiger partial charge in [0.05, 0.1) is 5.92 Å². The molecule has 1 fully saturated rings. The SMILES string of the molecule is COCC(=O)N1CC[C@H](c2nnc(C)o2)C1. The van der Waals surface area contributed by atoms with Gasteiger partial charge in [-0.15, -0.1) is 10.2 Å². The second-order valence-electron chi connectivity index (χ2n) is 3.92. The number of likely N-dealkylation sites (tertiary alicyclic amines) is 1. The van der Waals surface area contributed by atoms with E-state index in [9.17, 15) is 4.79 Å². The molecule has 1 aromatic heterocycles. The summed E-state index contributed by atoms with van der Waals surface area (Å²) in [6, 6.07) is 0. The lowest BCUT2D eigenvalue weighted by Crippen LogP contribution is -2.31. The Kier molecular flexibility index (Phi) is 3.19. The number of aryl methyl sites for hydroxylation is 1. The Hall–Kier alpha value is -1.43. The first-order chi connectivity index (χ1) is 7.70. The summed E-state index contributed by atoms with van der Waals surface area (Å²) in [6.07, 6.45) is 0.872. The van der Waals surface area contributed by atoms with Crippen LogP contribution in [-0.2, 0) is 9.53 Å². The molecule has 6 nitrogen and oxygen atoms in total. The molecule has 0 bridgehead atoms. The Morgan fingerprint density at radius 3 is 3.06 bits per heavy atom. The van der Waals surface area contributed by atoms with E-state index in [1.165, 1.54) is 7.11 Å². The van der Waals surface area contributed by atoms with Crippen LogP contribution >= 0.6 is 0 Å². The molecule has 16 heavy (non-hydrogen) atoms. The Morgan fingerprint density at radius 2 is 2.44 bits per heavy atom. The first kappa shape index (κ1) is 11.1. The minimum absolute atomic E-state index is 0.0150. The number of hydrogen-bond donors (Lipinski definition) is 0. The number of aromatic nitrogens is 2. The highest BCUT2D eigenvalue weighted by Gasteiger charge is 2.30. The van der Waals surface area contributed by atoms with Gasteiger partial charge in [-0.25, -0.2) is 0 Å². The van der Waals surface area contributed by atoms with Crippen LogP contribution in [0.25, 0.3) is 0 Å². The summed E-state index contributed by atoms with van der Waals surface area (Å²) in [5.74, 6) is 1.38. The van der Waals surface area contributed by atoms with E-state index in [-0.39, 0.29) is 18.4 Å². The summed E-state index contributed by atoms with van der Waals surface area (Å²) in [4.78, 5) is 13.3. The van der Waals surface area contributed by atoms with Crippen molar-refractivity contribution < 1.29 is 13.9 Å². The monoisotopic (exact) mass is 225 g/mol. The minimum atomic E-state index is 0.0150. The van der Waals surface area contributed by atoms with Crippen molar-refractivity contribution in [3.63, 3.8) is 0 Å². The molecule has 0 radical (unpaired) electrons. The first-order valence-corrected chi connectivity index (χ1v) is 5.27. The highest BCUT2D eigenvalue weighted by Crippen LogP contribution is 2.25. The Bertz CT molecular complexity index is 377. The number of ether oxygens (including phenoxy) is 1. The van der Waals surface area contributed by atoms with E-state index in [1.54, 1.807) is 11.8 Å². The van der Waals surface area contributed by atoms with E-state index in [1.807, 2.05) is 0 Å². The van der Waals surface area contributed by atoms with Crippen LogP contribution in [0.4, 0.5) is 0 Å². The van der Waals surface area contributed by atoms with E-state index in [0.717, 1.165) is 13.0 Å². The van der Waals surface area contributed by atoms with Crippen molar-refractivity contribution in [2.45, 2.75) is 19.3 Å². The molecule has 0 N–H and O–H groups in total. The molecule has 0 unspecified atom stereocenters. The van der Waals surface area contributed by atoms with Gasteiger partial charge in [-0.05, 0) is 6.42 Å². The largest absolute Gasteiger partial charge is 0.425 e. The Labute approximate surface area is 93.6 Å². The molecular formula is C10H15N3O3. The van der Waals surface area contributed by atoms with Crippen LogP contribution in [0.1, 0.15) is 24.1 Å². The van der Waals surface area contributed by atoms with E-state index in [4.69, 9.17) is 9.15 Å². The summed E-state index contributed by atoms with van der Waals surface area (Å²) >= 11 is 0. The molecule has 2 heterocycles. The van der Waals surface area contributed by atoms with Crippen LogP contribution < -0.4 is 0 Å². The van der Waals surface area contributed by atoms with Gasteiger partial charge in [0.15, 0.2) is 0 Å². The number of carbonyl (C=O) groups is 1. The van der Waals surface area contributed by atoms with Gasteiger partial charge < -0.3 is 14.1 Å². The quantitative estimate of drug-likeness (QED) is 0.742. The standard InChI is InChI=1S/C10H15N3O3/c1-7-11-12-10(16-7)8-3-4-13(5-8)9(14)6-15-2/h8H,3-6H2,1-2H3/t8-/m0/s1. The van der Waals surface area contributed by atoms with E-state index < -0.39 is 0 Å². The summed E-state index contributed by atoms with van der Waals surface area (Å²) < 4.78 is 10.2. The number of nitrogens with zero attached hydrogens (tertiary/aromatic N) is 3. The van der Waals surface area contributed by atoms with Crippen molar-refractivity contribution in [1.82, 2.24) is 15.1 Å². The molecule has 0 saturated carbocycles. The Balaban J connectivity index is 1.95. The number of rotatable bonds is 3. The van der Waals surface area contributed by atoms with Crippen molar-refractivity contribution >= 4 is 5.91 Å². The molecule has 1 atom stereocenters. The van der Waals surface area contributed by atoms with Crippen molar-refractivity contribution in [2.24, 2.45) is 0 Å².